The van der Waals surface area contributed by atoms with Crippen LogP contribution in [0.25, 0.3) is 0 Å². The lowest BCUT2D eigenvalue weighted by Crippen LogP contribution is -2.31. The highest BCUT2D eigenvalue weighted by molar-refractivity contribution is 7.23. The predicted octanol–water partition coefficient (Wildman–Crippen LogP) is 2.77. The van der Waals surface area contributed by atoms with Gasteiger partial charge in [0.25, 0.3) is 0 Å². The van der Waals surface area contributed by atoms with E-state index in [1.807, 2.05) is 11.3 Å². The number of aromatic nitrogens is 1. The molecule has 2 heterocycles. The second-order valence-electron chi connectivity index (χ2n) is 3.61. The summed E-state index contributed by atoms with van der Waals surface area (Å²) in [5.74, 6) is 0. The van der Waals surface area contributed by atoms with Crippen molar-refractivity contribution in [1.29, 1.82) is 0 Å². The van der Waals surface area contributed by atoms with Crippen molar-refractivity contribution < 1.29 is 17.3 Å². The van der Waals surface area contributed by atoms with Crippen molar-refractivity contribution in [3.63, 3.8) is 0 Å². The van der Waals surface area contributed by atoms with Gasteiger partial charge in [0, 0.05) is 24.4 Å². The van der Waals surface area contributed by atoms with Crippen LogP contribution in [-0.2, 0) is 0 Å². The van der Waals surface area contributed by atoms with E-state index in [9.17, 15) is 17.3 Å². The molecule has 9 heteroatoms. The van der Waals surface area contributed by atoms with Crippen molar-refractivity contribution in [1.82, 2.24) is 8.95 Å². The first kappa shape index (κ1) is 14.6. The molecule has 1 aromatic heterocycles. The van der Waals surface area contributed by atoms with E-state index >= 15 is 0 Å². The zero-order valence-corrected chi connectivity index (χ0v) is 11.0. The fraction of sp³-hybridized carbons (Fsp3) is 0.750. The van der Waals surface area contributed by atoms with Crippen LogP contribution in [0.5, 0.6) is 0 Å². The minimum Gasteiger partial charge on any atom is -0.418 e. The summed E-state index contributed by atoms with van der Waals surface area (Å²) in [5.41, 5.74) is 0. The SMILES string of the molecule is Cc1nsc(=[N+]2CCCCC2)s1.F[B-](F)(F)F. The fourth-order valence-corrected chi connectivity index (χ4v) is 3.42. The minimum absolute atomic E-state index is 1.19. The normalized spacial score (nSPS) is 16.4. The molecule has 0 amide bonds. The smallest absolute Gasteiger partial charge is 0.418 e. The van der Waals surface area contributed by atoms with Crippen LogP contribution >= 0.6 is 22.9 Å². The Bertz CT molecular complexity index is 398. The number of hydrogen-bond donors (Lipinski definition) is 0. The molecule has 1 fully saturated rings. The molecule has 1 saturated heterocycles. The summed E-state index contributed by atoms with van der Waals surface area (Å²) in [6.07, 6.45) is 4.10. The Morgan fingerprint density at radius 3 is 2.06 bits per heavy atom. The van der Waals surface area contributed by atoms with Crippen molar-refractivity contribution in [3.8, 4) is 0 Å². The molecule has 0 N–H and O–H groups in total. The lowest BCUT2D eigenvalue weighted by atomic mass is 10.2. The van der Waals surface area contributed by atoms with Crippen molar-refractivity contribution in [3.05, 3.63) is 8.99 Å². The van der Waals surface area contributed by atoms with Gasteiger partial charge in [0.1, 0.15) is 18.1 Å². The number of halogens is 4. The second kappa shape index (κ2) is 6.48. The Morgan fingerprint density at radius 1 is 1.12 bits per heavy atom. The van der Waals surface area contributed by atoms with Gasteiger partial charge in [-0.1, -0.05) is 0 Å². The lowest BCUT2D eigenvalue weighted by Gasteiger charge is -2.06. The first-order valence-electron chi connectivity index (χ1n) is 5.25. The van der Waals surface area contributed by atoms with Gasteiger partial charge in [-0.15, -0.1) is 0 Å². The molecule has 0 aliphatic carbocycles. The largest absolute Gasteiger partial charge is 0.673 e. The maximum Gasteiger partial charge on any atom is 0.673 e. The first-order valence-corrected chi connectivity index (χ1v) is 6.84. The average Bonchev–Trinajstić information content (AvgIpc) is 2.64. The van der Waals surface area contributed by atoms with Gasteiger partial charge in [0.2, 0.25) is 0 Å². The molecule has 1 aromatic rings. The summed E-state index contributed by atoms with van der Waals surface area (Å²) in [6, 6.07) is 0. The third kappa shape index (κ3) is 6.77. The van der Waals surface area contributed by atoms with Crippen molar-refractivity contribution in [2.24, 2.45) is 0 Å². The molecule has 0 atom stereocenters. The number of nitrogens with zero attached hydrogens (tertiary/aromatic N) is 2. The van der Waals surface area contributed by atoms with E-state index in [0.29, 0.717) is 0 Å². The van der Waals surface area contributed by atoms with Gasteiger partial charge < -0.3 is 17.3 Å². The van der Waals surface area contributed by atoms with Crippen LogP contribution < -0.4 is 8.56 Å². The number of aryl methyl sites for hydroxylation is 1. The van der Waals surface area contributed by atoms with E-state index in [1.54, 1.807) is 11.5 Å². The number of piperidine rings is 1. The number of hydrogen-bond acceptors (Lipinski definition) is 3. The van der Waals surface area contributed by atoms with E-state index in [1.165, 1.54) is 41.3 Å². The third-order valence-corrected chi connectivity index (χ3v) is 4.29. The molecular weight excluding hydrogens is 275 g/mol. The molecule has 2 nitrogen and oxygen atoms in total. The third-order valence-electron chi connectivity index (χ3n) is 2.10. The van der Waals surface area contributed by atoms with Crippen molar-refractivity contribution in [2.75, 3.05) is 13.1 Å². The summed E-state index contributed by atoms with van der Waals surface area (Å²) in [4.78, 5) is 0. The first-order chi connectivity index (χ1) is 7.86. The molecule has 0 saturated carbocycles. The molecule has 98 valence electrons. The Hall–Kier alpha value is -0.435. The summed E-state index contributed by atoms with van der Waals surface area (Å²) in [6.45, 7) is 4.55. The molecule has 0 radical (unpaired) electrons. The minimum atomic E-state index is -6.00. The highest BCUT2D eigenvalue weighted by Gasteiger charge is 2.20. The molecule has 0 bridgehead atoms. The highest BCUT2D eigenvalue weighted by Crippen LogP contribution is 2.06. The van der Waals surface area contributed by atoms with E-state index in [2.05, 4.69) is 15.9 Å². The molecule has 1 aliphatic heterocycles. The molecule has 0 spiro atoms. The molecule has 1 aliphatic rings. The maximum atomic E-state index is 9.75. The van der Waals surface area contributed by atoms with Crippen LogP contribution in [0.1, 0.15) is 24.3 Å². The van der Waals surface area contributed by atoms with Gasteiger partial charge >= 0.3 is 11.2 Å². The average molecular weight is 288 g/mol. The monoisotopic (exact) mass is 288 g/mol. The molecule has 0 aromatic carbocycles. The van der Waals surface area contributed by atoms with Crippen LogP contribution in [0.15, 0.2) is 0 Å². The highest BCUT2D eigenvalue weighted by atomic mass is 32.2. The van der Waals surface area contributed by atoms with Crippen LogP contribution in [0, 0.1) is 6.92 Å². The van der Waals surface area contributed by atoms with Crippen LogP contribution in [0.4, 0.5) is 17.3 Å². The fourth-order valence-electron chi connectivity index (χ4n) is 1.47. The van der Waals surface area contributed by atoms with Gasteiger partial charge in [-0.05, 0) is 24.7 Å². The van der Waals surface area contributed by atoms with E-state index < -0.39 is 7.25 Å². The quantitative estimate of drug-likeness (QED) is 0.407. The Morgan fingerprint density at radius 2 is 1.65 bits per heavy atom. The zero-order valence-electron chi connectivity index (χ0n) is 9.34. The summed E-state index contributed by atoms with van der Waals surface area (Å²) in [5, 5.41) is 1.19. The van der Waals surface area contributed by atoms with Crippen molar-refractivity contribution in [2.45, 2.75) is 26.2 Å². The van der Waals surface area contributed by atoms with E-state index in [0.717, 1.165) is 0 Å². The van der Waals surface area contributed by atoms with Crippen LogP contribution in [0.3, 0.4) is 0 Å². The molecule has 2 rings (SSSR count). The number of rotatable bonds is 0. The Balaban J connectivity index is 0.000000249. The predicted molar refractivity (Wildman–Crippen MR) is 63.8 cm³/mol. The summed E-state index contributed by atoms with van der Waals surface area (Å²) < 4.78 is 47.2. The van der Waals surface area contributed by atoms with Crippen LogP contribution in [-0.4, -0.2) is 24.7 Å². The van der Waals surface area contributed by atoms with E-state index in [4.69, 9.17) is 0 Å². The van der Waals surface area contributed by atoms with Gasteiger partial charge in [-0.25, -0.2) is 4.58 Å². The van der Waals surface area contributed by atoms with Gasteiger partial charge in [0.15, 0.2) is 0 Å². The molecule has 0 unspecified atom stereocenters. The Labute approximate surface area is 105 Å². The lowest BCUT2D eigenvalue weighted by molar-refractivity contribution is 0.368. The second-order valence-corrected chi connectivity index (χ2v) is 5.80. The van der Waals surface area contributed by atoms with Crippen molar-refractivity contribution >= 4 is 30.1 Å². The van der Waals surface area contributed by atoms with Gasteiger partial charge in [-0.3, -0.25) is 0 Å². The molecule has 17 heavy (non-hydrogen) atoms. The van der Waals surface area contributed by atoms with Gasteiger partial charge in [-0.2, -0.15) is 4.37 Å². The Kier molecular flexibility index (Phi) is 5.58. The zero-order chi connectivity index (χ0) is 12.9. The van der Waals surface area contributed by atoms with Crippen LogP contribution in [0.2, 0.25) is 0 Å². The summed E-state index contributed by atoms with van der Waals surface area (Å²) in [7, 11) is -6.00. The standard InChI is InChI=1S/C8H13N2S2.BF4/c1-7-9-12-8(11-7)10-5-3-2-4-6-10;2-1(3,4)5/h2-6H2,1H3;/q+1;-1. The summed E-state index contributed by atoms with van der Waals surface area (Å²) >= 11 is 3.48. The maximum absolute atomic E-state index is 9.75. The topological polar surface area (TPSA) is 15.9 Å². The van der Waals surface area contributed by atoms with Gasteiger partial charge in [0.05, 0.1) is 0 Å². The molecular formula is C8H13BF4N2S2. The van der Waals surface area contributed by atoms with E-state index in [-0.39, 0.29) is 0 Å².